The van der Waals surface area contributed by atoms with Gasteiger partial charge in [-0.25, -0.2) is 9.37 Å². The van der Waals surface area contributed by atoms with Crippen molar-refractivity contribution in [1.82, 2.24) is 19.7 Å². The van der Waals surface area contributed by atoms with Gasteiger partial charge in [0.1, 0.15) is 5.82 Å². The summed E-state index contributed by atoms with van der Waals surface area (Å²) in [4.78, 5) is 11.5. The molecule has 2 aliphatic heterocycles. The highest BCUT2D eigenvalue weighted by atomic mass is 35.5. The van der Waals surface area contributed by atoms with Crippen LogP contribution in [-0.4, -0.2) is 43.8 Å². The number of hydrogen-bond acceptors (Lipinski definition) is 7. The molecule has 1 saturated carbocycles. The molecule has 0 radical (unpaired) electrons. The number of aromatic nitrogens is 3. The number of aryl methyl sites for hydroxylation is 1. The fraction of sp³-hybridized carbons (Fsp3) is 0.348. The van der Waals surface area contributed by atoms with Gasteiger partial charge in [0.2, 0.25) is 0 Å². The first-order valence-electron chi connectivity index (χ1n) is 10.8. The van der Waals surface area contributed by atoms with E-state index in [1.807, 2.05) is 29.5 Å². The van der Waals surface area contributed by atoms with Crippen LogP contribution >= 0.6 is 34.9 Å². The molecule has 0 bridgehead atoms. The van der Waals surface area contributed by atoms with Crippen LogP contribution in [0, 0.1) is 5.82 Å². The van der Waals surface area contributed by atoms with E-state index < -0.39 is 0 Å². The number of allylic oxidation sites excluding steroid dienone is 1. The minimum Gasteiger partial charge on any atom is -0.328 e. The summed E-state index contributed by atoms with van der Waals surface area (Å²) in [5, 5.41) is 14.0. The number of thiazole rings is 1. The van der Waals surface area contributed by atoms with E-state index in [4.69, 9.17) is 21.7 Å². The first-order chi connectivity index (χ1) is 16.0. The zero-order valence-electron chi connectivity index (χ0n) is 18.3. The standard InChI is InChI=1S/C14H15N5S.C6H4ClF.C3H7NS/c1-18-7-4-11(17-18)10-9-16-13(14-15-5-8-20-14)19-6-2-3-12(10)19;7-5-2-1-3-6(8)4-5;4-5-3-1-2-3/h4-5,7-8H,2-3,6,9H2,1H3;1-4H;3H,1-2,4H2. The second-order valence-corrected chi connectivity index (χ2v) is 10.1. The summed E-state index contributed by atoms with van der Waals surface area (Å²) in [7, 11) is 1.95. The van der Waals surface area contributed by atoms with Crippen LogP contribution in [0.4, 0.5) is 4.39 Å². The fourth-order valence-corrected chi connectivity index (χ4v) is 4.78. The van der Waals surface area contributed by atoms with E-state index in [9.17, 15) is 4.39 Å². The second-order valence-electron chi connectivity index (χ2n) is 7.81. The topological polar surface area (TPSA) is 72.3 Å². The van der Waals surface area contributed by atoms with Crippen molar-refractivity contribution in [3.8, 4) is 0 Å². The van der Waals surface area contributed by atoms with Crippen LogP contribution in [0.15, 0.2) is 58.8 Å². The highest BCUT2D eigenvalue weighted by molar-refractivity contribution is 7.97. The van der Waals surface area contributed by atoms with Gasteiger partial charge in [-0.3, -0.25) is 14.8 Å². The highest BCUT2D eigenvalue weighted by Crippen LogP contribution is 2.34. The van der Waals surface area contributed by atoms with Crippen LogP contribution in [0.5, 0.6) is 0 Å². The molecule has 6 nitrogen and oxygen atoms in total. The molecule has 3 aromatic rings. The van der Waals surface area contributed by atoms with Gasteiger partial charge in [0, 0.05) is 52.9 Å². The average molecular weight is 505 g/mol. The van der Waals surface area contributed by atoms with E-state index in [0.717, 1.165) is 34.8 Å². The minimum absolute atomic E-state index is 0.294. The van der Waals surface area contributed by atoms with Gasteiger partial charge in [0.25, 0.3) is 0 Å². The Morgan fingerprint density at radius 3 is 2.67 bits per heavy atom. The Labute approximate surface area is 206 Å². The molecule has 2 fully saturated rings. The molecule has 3 aliphatic rings. The number of nitrogens with zero attached hydrogens (tertiary/aromatic N) is 5. The molecule has 1 saturated heterocycles. The van der Waals surface area contributed by atoms with Crippen molar-refractivity contribution < 1.29 is 4.39 Å². The lowest BCUT2D eigenvalue weighted by Crippen LogP contribution is -2.31. The van der Waals surface area contributed by atoms with Crippen LogP contribution in [0.2, 0.25) is 5.02 Å². The van der Waals surface area contributed by atoms with Gasteiger partial charge < -0.3 is 4.90 Å². The van der Waals surface area contributed by atoms with E-state index in [1.54, 1.807) is 23.5 Å². The molecule has 174 valence electrons. The van der Waals surface area contributed by atoms with E-state index in [-0.39, 0.29) is 5.82 Å². The zero-order chi connectivity index (χ0) is 23.2. The van der Waals surface area contributed by atoms with E-state index in [1.165, 1.54) is 54.6 Å². The van der Waals surface area contributed by atoms with E-state index >= 15 is 0 Å². The Kier molecular flexibility index (Phi) is 8.19. The van der Waals surface area contributed by atoms with Crippen LogP contribution in [-0.2, 0) is 7.05 Å². The molecule has 2 N–H and O–H groups in total. The number of nitrogens with two attached hydrogens (primary N) is 1. The summed E-state index contributed by atoms with van der Waals surface area (Å²) in [5.41, 5.74) is 3.70. The quantitative estimate of drug-likeness (QED) is 0.485. The van der Waals surface area contributed by atoms with Crippen molar-refractivity contribution in [1.29, 1.82) is 0 Å². The highest BCUT2D eigenvalue weighted by Gasteiger charge is 2.31. The summed E-state index contributed by atoms with van der Waals surface area (Å²) in [6, 6.07) is 7.89. The molecule has 1 aliphatic carbocycles. The Hall–Kier alpha value is -2.20. The molecular formula is C23H26ClFN6S2. The Morgan fingerprint density at radius 1 is 1.27 bits per heavy atom. The number of amidine groups is 1. The maximum atomic E-state index is 12.1. The van der Waals surface area contributed by atoms with E-state index in [2.05, 4.69) is 21.0 Å². The number of aliphatic imine (C=N–C) groups is 1. The molecule has 10 heteroatoms. The minimum atomic E-state index is -0.294. The number of halogens is 2. The van der Waals surface area contributed by atoms with Gasteiger partial charge in [-0.05, 0) is 49.9 Å². The molecule has 0 spiro atoms. The molecule has 2 aromatic heterocycles. The van der Waals surface area contributed by atoms with Gasteiger partial charge >= 0.3 is 0 Å². The lowest BCUT2D eigenvalue weighted by molar-refractivity contribution is 0.579. The molecule has 0 unspecified atom stereocenters. The number of fused-ring (bicyclic) bond motifs is 1. The fourth-order valence-electron chi connectivity index (χ4n) is 3.54. The lowest BCUT2D eigenvalue weighted by Gasteiger charge is -2.27. The van der Waals surface area contributed by atoms with Gasteiger partial charge in [0.05, 0.1) is 12.2 Å². The number of hydrogen-bond donors (Lipinski definition) is 1. The summed E-state index contributed by atoms with van der Waals surface area (Å²) >= 11 is 8.55. The average Bonchev–Trinajstić information content (AvgIpc) is 3.18. The zero-order valence-corrected chi connectivity index (χ0v) is 20.7. The van der Waals surface area contributed by atoms with Crippen molar-refractivity contribution in [2.24, 2.45) is 17.2 Å². The third kappa shape index (κ3) is 6.44. The van der Waals surface area contributed by atoms with Gasteiger partial charge in [-0.1, -0.05) is 29.6 Å². The summed E-state index contributed by atoms with van der Waals surface area (Å²) in [6.07, 6.45) is 8.81. The SMILES string of the molecule is Cn1ccc(C2=C3CCCN3C(c3nccs3)=NC2)n1.Fc1cccc(Cl)c1.NSC1CC1. The summed E-state index contributed by atoms with van der Waals surface area (Å²) in [5.74, 6) is 0.740. The normalized spacial score (nSPS) is 17.0. The van der Waals surface area contributed by atoms with Gasteiger partial charge in [-0.15, -0.1) is 11.3 Å². The molecule has 33 heavy (non-hydrogen) atoms. The van der Waals surface area contributed by atoms with Crippen molar-refractivity contribution >= 4 is 46.3 Å². The molecule has 1 aromatic carbocycles. The number of rotatable bonds is 3. The summed E-state index contributed by atoms with van der Waals surface area (Å²) in [6.45, 7) is 1.74. The predicted molar refractivity (Wildman–Crippen MR) is 136 cm³/mol. The lowest BCUT2D eigenvalue weighted by atomic mass is 10.1. The van der Waals surface area contributed by atoms with Gasteiger partial charge in [-0.2, -0.15) is 5.10 Å². The maximum Gasteiger partial charge on any atom is 0.165 e. The Morgan fingerprint density at radius 2 is 2.12 bits per heavy atom. The largest absolute Gasteiger partial charge is 0.328 e. The van der Waals surface area contributed by atoms with Crippen molar-refractivity contribution in [3.05, 3.63) is 75.3 Å². The van der Waals surface area contributed by atoms with Crippen molar-refractivity contribution in [2.45, 2.75) is 30.9 Å². The first-order valence-corrected chi connectivity index (χ1v) is 13.0. The molecular weight excluding hydrogens is 479 g/mol. The van der Waals surface area contributed by atoms with Crippen molar-refractivity contribution in [2.75, 3.05) is 13.1 Å². The molecule has 6 rings (SSSR count). The van der Waals surface area contributed by atoms with Crippen molar-refractivity contribution in [3.63, 3.8) is 0 Å². The van der Waals surface area contributed by atoms with E-state index in [0.29, 0.717) is 11.6 Å². The van der Waals surface area contributed by atoms with Crippen LogP contribution in [0.25, 0.3) is 5.57 Å². The summed E-state index contributed by atoms with van der Waals surface area (Å²) < 4.78 is 13.9. The third-order valence-electron chi connectivity index (χ3n) is 5.26. The van der Waals surface area contributed by atoms with Crippen LogP contribution in [0.3, 0.4) is 0 Å². The number of benzene rings is 1. The molecule has 0 atom stereocenters. The first kappa shape index (κ1) is 23.9. The maximum absolute atomic E-state index is 12.1. The molecule has 4 heterocycles. The van der Waals surface area contributed by atoms with Crippen LogP contribution in [0.1, 0.15) is 36.4 Å². The molecule has 0 amide bonds. The third-order valence-corrected chi connectivity index (χ3v) is 7.12. The van der Waals surface area contributed by atoms with Crippen LogP contribution < -0.4 is 5.14 Å². The smallest absolute Gasteiger partial charge is 0.165 e. The monoisotopic (exact) mass is 504 g/mol. The Balaban J connectivity index is 0.000000163. The second kappa shape index (κ2) is 11.3. The predicted octanol–water partition coefficient (Wildman–Crippen LogP) is 5.38. The Bertz CT molecular complexity index is 1110. The van der Waals surface area contributed by atoms with Gasteiger partial charge in [0.15, 0.2) is 10.8 Å².